The van der Waals surface area contributed by atoms with E-state index in [9.17, 15) is 9.18 Å². The number of H-pyrrole nitrogens is 1. The Labute approximate surface area is 134 Å². The van der Waals surface area contributed by atoms with E-state index in [-0.39, 0.29) is 11.7 Å². The number of benzene rings is 2. The number of hydrogen-bond donors (Lipinski definition) is 2. The zero-order chi connectivity index (χ0) is 16.2. The fourth-order valence-electron chi connectivity index (χ4n) is 2.67. The number of carbonyl (C=O) groups is 1. The number of nitrogens with one attached hydrogen (secondary N) is 2. The van der Waals surface area contributed by atoms with Gasteiger partial charge >= 0.3 is 0 Å². The quantitative estimate of drug-likeness (QED) is 0.712. The summed E-state index contributed by atoms with van der Waals surface area (Å²) in [5.74, 6) is -0.394. The topological polar surface area (TPSA) is 44.9 Å². The predicted molar refractivity (Wildman–Crippen MR) is 91.0 cm³/mol. The summed E-state index contributed by atoms with van der Waals surface area (Å²) in [6.45, 7) is 1.70. The molecule has 0 saturated carbocycles. The van der Waals surface area contributed by atoms with Crippen LogP contribution in [0.1, 0.15) is 24.0 Å². The van der Waals surface area contributed by atoms with Crippen molar-refractivity contribution in [3.05, 3.63) is 65.6 Å². The van der Waals surface area contributed by atoms with E-state index in [1.165, 1.54) is 17.0 Å². The smallest absolute Gasteiger partial charge is 0.224 e. The second-order valence-corrected chi connectivity index (χ2v) is 5.73. The molecular formula is C19H19FN2O. The third kappa shape index (κ3) is 3.59. The average Bonchev–Trinajstić information content (AvgIpc) is 2.94. The summed E-state index contributed by atoms with van der Waals surface area (Å²) in [5.41, 5.74) is 3.41. The van der Waals surface area contributed by atoms with Crippen molar-refractivity contribution < 1.29 is 9.18 Å². The van der Waals surface area contributed by atoms with Crippen molar-refractivity contribution in [3.8, 4) is 0 Å². The molecule has 0 spiro atoms. The van der Waals surface area contributed by atoms with Crippen LogP contribution < -0.4 is 5.32 Å². The van der Waals surface area contributed by atoms with Gasteiger partial charge in [0.2, 0.25) is 5.91 Å². The molecule has 3 aromatic rings. The Morgan fingerprint density at radius 2 is 2.04 bits per heavy atom. The predicted octanol–water partition coefficient (Wildman–Crippen LogP) is 4.58. The Bertz CT molecular complexity index is 838. The standard InChI is InChI=1S/C19H19FN2O/c1-13-9-10-15(11-17(13)20)22-19(23)8-4-5-14-12-21-18-7-3-2-6-16(14)18/h2-3,6-7,9-12,21H,4-5,8H2,1H3,(H,22,23). The molecule has 1 aromatic heterocycles. The second-order valence-electron chi connectivity index (χ2n) is 5.73. The lowest BCUT2D eigenvalue weighted by atomic mass is 10.1. The van der Waals surface area contributed by atoms with Crippen molar-refractivity contribution in [3.63, 3.8) is 0 Å². The second kappa shape index (κ2) is 6.65. The number of aryl methyl sites for hydroxylation is 2. The van der Waals surface area contributed by atoms with Crippen LogP contribution in [0.2, 0.25) is 0 Å². The first kappa shape index (κ1) is 15.3. The van der Waals surface area contributed by atoms with Crippen molar-refractivity contribution in [2.45, 2.75) is 26.2 Å². The Balaban J connectivity index is 1.54. The number of aromatic nitrogens is 1. The van der Waals surface area contributed by atoms with Crippen LogP contribution in [0.4, 0.5) is 10.1 Å². The summed E-state index contributed by atoms with van der Waals surface area (Å²) in [7, 11) is 0. The fraction of sp³-hybridized carbons (Fsp3) is 0.211. The highest BCUT2D eigenvalue weighted by Crippen LogP contribution is 2.20. The van der Waals surface area contributed by atoms with Gasteiger partial charge < -0.3 is 10.3 Å². The van der Waals surface area contributed by atoms with E-state index in [4.69, 9.17) is 0 Å². The number of fused-ring (bicyclic) bond motifs is 1. The molecule has 4 heteroatoms. The third-order valence-corrected chi connectivity index (χ3v) is 3.98. The molecule has 0 bridgehead atoms. The molecule has 0 unspecified atom stereocenters. The molecule has 3 rings (SSSR count). The summed E-state index contributed by atoms with van der Waals surface area (Å²) < 4.78 is 13.5. The fourth-order valence-corrected chi connectivity index (χ4v) is 2.67. The number of carbonyl (C=O) groups excluding carboxylic acids is 1. The van der Waals surface area contributed by atoms with Crippen molar-refractivity contribution in [1.82, 2.24) is 4.98 Å². The van der Waals surface area contributed by atoms with E-state index in [0.717, 1.165) is 18.4 Å². The van der Waals surface area contributed by atoms with E-state index in [1.807, 2.05) is 24.4 Å². The minimum atomic E-state index is -0.304. The summed E-state index contributed by atoms with van der Waals surface area (Å²) in [5, 5.41) is 3.94. The number of halogens is 1. The molecule has 2 N–H and O–H groups in total. The number of amides is 1. The maximum absolute atomic E-state index is 13.5. The summed E-state index contributed by atoms with van der Waals surface area (Å²) >= 11 is 0. The number of aromatic amines is 1. The molecule has 2 aromatic carbocycles. The highest BCUT2D eigenvalue weighted by atomic mass is 19.1. The Morgan fingerprint density at radius 3 is 2.87 bits per heavy atom. The monoisotopic (exact) mass is 310 g/mol. The first-order valence-corrected chi connectivity index (χ1v) is 7.74. The molecular weight excluding hydrogens is 291 g/mol. The number of para-hydroxylation sites is 1. The van der Waals surface area contributed by atoms with Gasteiger partial charge in [-0.15, -0.1) is 0 Å². The summed E-state index contributed by atoms with van der Waals surface area (Å²) in [4.78, 5) is 15.2. The average molecular weight is 310 g/mol. The molecule has 118 valence electrons. The zero-order valence-electron chi connectivity index (χ0n) is 13.0. The van der Waals surface area contributed by atoms with Crippen molar-refractivity contribution in [1.29, 1.82) is 0 Å². The maximum atomic E-state index is 13.5. The molecule has 0 fully saturated rings. The Morgan fingerprint density at radius 1 is 1.22 bits per heavy atom. The minimum absolute atomic E-state index is 0.0897. The van der Waals surface area contributed by atoms with Gasteiger partial charge in [0.15, 0.2) is 0 Å². The van der Waals surface area contributed by atoms with Gasteiger partial charge in [-0.25, -0.2) is 4.39 Å². The van der Waals surface area contributed by atoms with Crippen molar-refractivity contribution in [2.24, 2.45) is 0 Å². The molecule has 0 aliphatic heterocycles. The Kier molecular flexibility index (Phi) is 4.42. The molecule has 0 saturated heterocycles. The largest absolute Gasteiger partial charge is 0.361 e. The number of hydrogen-bond acceptors (Lipinski definition) is 1. The van der Waals surface area contributed by atoms with Gasteiger partial charge in [0.25, 0.3) is 0 Å². The van der Waals surface area contributed by atoms with Gasteiger partial charge in [0, 0.05) is 29.2 Å². The first-order valence-electron chi connectivity index (χ1n) is 7.74. The first-order chi connectivity index (χ1) is 11.1. The van der Waals surface area contributed by atoms with Crippen LogP contribution in [-0.2, 0) is 11.2 Å². The van der Waals surface area contributed by atoms with Crippen LogP contribution in [-0.4, -0.2) is 10.9 Å². The molecule has 23 heavy (non-hydrogen) atoms. The van der Waals surface area contributed by atoms with Gasteiger partial charge in [0.1, 0.15) is 5.82 Å². The SMILES string of the molecule is Cc1ccc(NC(=O)CCCc2c[nH]c3ccccc23)cc1F. The third-order valence-electron chi connectivity index (χ3n) is 3.98. The van der Waals surface area contributed by atoms with Gasteiger partial charge in [-0.3, -0.25) is 4.79 Å². The zero-order valence-corrected chi connectivity index (χ0v) is 13.0. The van der Waals surface area contributed by atoms with E-state index in [0.29, 0.717) is 17.7 Å². The molecule has 1 amide bonds. The van der Waals surface area contributed by atoms with Gasteiger partial charge in [-0.05, 0) is 49.1 Å². The van der Waals surface area contributed by atoms with Crippen LogP contribution in [0.25, 0.3) is 10.9 Å². The van der Waals surface area contributed by atoms with Crippen LogP contribution >= 0.6 is 0 Å². The van der Waals surface area contributed by atoms with Crippen LogP contribution in [0, 0.1) is 12.7 Å². The lowest BCUT2D eigenvalue weighted by Gasteiger charge is -2.06. The van der Waals surface area contributed by atoms with Gasteiger partial charge in [-0.2, -0.15) is 0 Å². The van der Waals surface area contributed by atoms with Crippen LogP contribution in [0.3, 0.4) is 0 Å². The van der Waals surface area contributed by atoms with Crippen LogP contribution in [0.15, 0.2) is 48.7 Å². The lowest BCUT2D eigenvalue weighted by molar-refractivity contribution is -0.116. The van der Waals surface area contributed by atoms with E-state index < -0.39 is 0 Å². The minimum Gasteiger partial charge on any atom is -0.361 e. The summed E-state index contributed by atoms with van der Waals surface area (Å²) in [6.07, 6.45) is 3.99. The molecule has 0 radical (unpaired) electrons. The molecule has 0 aliphatic rings. The van der Waals surface area contributed by atoms with Crippen molar-refractivity contribution >= 4 is 22.5 Å². The molecule has 3 nitrogen and oxygen atoms in total. The maximum Gasteiger partial charge on any atom is 0.224 e. The van der Waals surface area contributed by atoms with Gasteiger partial charge in [0.05, 0.1) is 0 Å². The normalized spacial score (nSPS) is 10.9. The molecule has 0 atom stereocenters. The number of rotatable bonds is 5. The van der Waals surface area contributed by atoms with E-state index >= 15 is 0 Å². The summed E-state index contributed by atoms with van der Waals surface area (Å²) in [6, 6.07) is 12.9. The molecule has 0 aliphatic carbocycles. The van der Waals surface area contributed by atoms with E-state index in [2.05, 4.69) is 16.4 Å². The number of anilines is 1. The molecule has 1 heterocycles. The Hall–Kier alpha value is -2.62. The highest BCUT2D eigenvalue weighted by Gasteiger charge is 2.07. The van der Waals surface area contributed by atoms with Crippen LogP contribution in [0.5, 0.6) is 0 Å². The van der Waals surface area contributed by atoms with E-state index in [1.54, 1.807) is 19.1 Å². The van der Waals surface area contributed by atoms with Crippen molar-refractivity contribution in [2.75, 3.05) is 5.32 Å². The highest BCUT2D eigenvalue weighted by molar-refractivity contribution is 5.90. The van der Waals surface area contributed by atoms with Gasteiger partial charge in [-0.1, -0.05) is 24.3 Å². The lowest BCUT2D eigenvalue weighted by Crippen LogP contribution is -2.11.